The molecule has 2 heterocycles. The largest absolute Gasteiger partial charge is 0.297 e. The Kier molecular flexibility index (Phi) is 3.60. The fraction of sp³-hybridized carbons (Fsp3) is 0.267. The van der Waals surface area contributed by atoms with E-state index >= 15 is 0 Å². The lowest BCUT2D eigenvalue weighted by Gasteiger charge is -2.10. The van der Waals surface area contributed by atoms with E-state index in [1.165, 1.54) is 0 Å². The molecule has 0 N–H and O–H groups in total. The van der Waals surface area contributed by atoms with Gasteiger partial charge in [-0.3, -0.25) is 14.8 Å². The quantitative estimate of drug-likeness (QED) is 0.792. The molecule has 1 unspecified atom stereocenters. The van der Waals surface area contributed by atoms with Gasteiger partial charge in [0.2, 0.25) is 0 Å². The number of fused-ring (bicyclic) bond motifs is 1. The Hall–Kier alpha value is -1.68. The van der Waals surface area contributed by atoms with Crippen LogP contribution in [0, 0.1) is 5.92 Å². The van der Waals surface area contributed by atoms with E-state index in [2.05, 4.69) is 16.1 Å². The van der Waals surface area contributed by atoms with E-state index in [-0.39, 0.29) is 22.2 Å². The van der Waals surface area contributed by atoms with Crippen molar-refractivity contribution in [3.05, 3.63) is 54.4 Å². The molecule has 1 aliphatic carbocycles. The third-order valence-electron chi connectivity index (χ3n) is 3.26. The topological polar surface area (TPSA) is 42.3 Å². The van der Waals surface area contributed by atoms with Crippen molar-refractivity contribution in [1.29, 1.82) is 0 Å². The average Bonchev–Trinajstić information content (AvgIpc) is 2.78. The first-order valence-corrected chi connectivity index (χ1v) is 7.22. The van der Waals surface area contributed by atoms with Gasteiger partial charge in [0.1, 0.15) is 0 Å². The zero-order valence-corrected chi connectivity index (χ0v) is 11.2. The highest BCUT2D eigenvalue weighted by Gasteiger charge is 2.39. The van der Waals surface area contributed by atoms with Gasteiger partial charge in [-0.15, -0.1) is 11.8 Å². The van der Waals surface area contributed by atoms with Crippen LogP contribution in [0.4, 0.5) is 0 Å². The monoisotopic (exact) mass is 270 g/mol. The molecule has 1 aromatic heterocycles. The van der Waals surface area contributed by atoms with Crippen LogP contribution in [0.2, 0.25) is 0 Å². The van der Waals surface area contributed by atoms with E-state index in [1.807, 2.05) is 30.4 Å². The molecule has 1 fully saturated rings. The van der Waals surface area contributed by atoms with Crippen LogP contribution in [-0.2, 0) is 11.3 Å². The molecule has 3 rings (SSSR count). The Morgan fingerprint density at radius 3 is 2.84 bits per heavy atom. The number of Topliss-reactive ketones (excluding diaryl/α,β-unsaturated/α-hetero) is 1. The Morgan fingerprint density at radius 1 is 1.26 bits per heavy atom. The molecule has 2 aliphatic rings. The van der Waals surface area contributed by atoms with Gasteiger partial charge in [-0.05, 0) is 17.7 Å². The second-order valence-corrected chi connectivity index (χ2v) is 5.89. The van der Waals surface area contributed by atoms with Crippen molar-refractivity contribution in [2.45, 2.75) is 17.0 Å². The smallest absolute Gasteiger partial charge is 0.159 e. The molecule has 0 radical (unpaired) electrons. The fourth-order valence-electron chi connectivity index (χ4n) is 2.25. The van der Waals surface area contributed by atoms with E-state index in [0.29, 0.717) is 6.54 Å². The molecule has 0 aromatic carbocycles. The maximum atomic E-state index is 12.2. The summed E-state index contributed by atoms with van der Waals surface area (Å²) in [7, 11) is 0. The van der Waals surface area contributed by atoms with Crippen LogP contribution in [-0.4, -0.2) is 27.5 Å². The number of hydrogen-bond donors (Lipinski definition) is 0. The van der Waals surface area contributed by atoms with Crippen molar-refractivity contribution < 1.29 is 4.79 Å². The third kappa shape index (κ3) is 2.68. The van der Waals surface area contributed by atoms with Crippen LogP contribution < -0.4 is 0 Å². The van der Waals surface area contributed by atoms with E-state index in [1.54, 1.807) is 30.4 Å². The Balaban J connectivity index is 1.63. The molecule has 1 saturated heterocycles. The zero-order valence-electron chi connectivity index (χ0n) is 10.3. The average molecular weight is 270 g/mol. The Labute approximate surface area is 116 Å². The predicted octanol–water partition coefficient (Wildman–Crippen LogP) is 2.45. The van der Waals surface area contributed by atoms with Gasteiger partial charge in [-0.25, -0.2) is 0 Å². The first-order chi connectivity index (χ1) is 9.34. The van der Waals surface area contributed by atoms with E-state index in [9.17, 15) is 4.79 Å². The van der Waals surface area contributed by atoms with Gasteiger partial charge in [0.25, 0.3) is 0 Å². The summed E-state index contributed by atoms with van der Waals surface area (Å²) in [5.41, 5.74) is 1.11. The summed E-state index contributed by atoms with van der Waals surface area (Å²) in [6, 6.07) is 3.87. The van der Waals surface area contributed by atoms with Crippen molar-refractivity contribution in [3.8, 4) is 0 Å². The normalized spacial score (nSPS) is 29.1. The maximum absolute atomic E-state index is 12.2. The van der Waals surface area contributed by atoms with Crippen LogP contribution >= 0.6 is 11.8 Å². The van der Waals surface area contributed by atoms with E-state index in [4.69, 9.17) is 0 Å². The number of carbonyl (C=O) groups excluding carboxylic acids is 1. The molecule has 0 saturated carbocycles. The van der Waals surface area contributed by atoms with Crippen LogP contribution in [0.15, 0.2) is 53.8 Å². The number of nitrogens with zero attached hydrogens (tertiary/aromatic N) is 2. The molecule has 3 nitrogen and oxygen atoms in total. The number of pyridine rings is 1. The lowest BCUT2D eigenvalue weighted by Crippen LogP contribution is -2.21. The summed E-state index contributed by atoms with van der Waals surface area (Å²) in [5.74, 6) is 0.307. The molecule has 0 bridgehead atoms. The molecule has 1 aliphatic heterocycles. The second kappa shape index (κ2) is 5.53. The van der Waals surface area contributed by atoms with Gasteiger partial charge in [-0.2, -0.15) is 0 Å². The van der Waals surface area contributed by atoms with Crippen LogP contribution in [0.3, 0.4) is 0 Å². The third-order valence-corrected chi connectivity index (χ3v) is 4.67. The molecule has 1 aromatic rings. The summed E-state index contributed by atoms with van der Waals surface area (Å²) in [4.78, 5) is 20.5. The molecule has 96 valence electrons. The highest BCUT2D eigenvalue weighted by atomic mass is 32.2. The number of aliphatic imine (C=N–C) groups is 1. The van der Waals surface area contributed by atoms with Crippen LogP contribution in [0.5, 0.6) is 0 Å². The molecular weight excluding hydrogens is 256 g/mol. The molecule has 0 spiro atoms. The number of thioether (sulfide) groups is 1. The van der Waals surface area contributed by atoms with Gasteiger partial charge in [-0.1, -0.05) is 24.3 Å². The Morgan fingerprint density at radius 2 is 2.05 bits per heavy atom. The Bertz CT molecular complexity index is 551. The van der Waals surface area contributed by atoms with Gasteiger partial charge in [0, 0.05) is 23.9 Å². The molecule has 3 atom stereocenters. The van der Waals surface area contributed by atoms with Gasteiger partial charge in [0.15, 0.2) is 5.78 Å². The van der Waals surface area contributed by atoms with E-state index < -0.39 is 0 Å². The second-order valence-electron chi connectivity index (χ2n) is 4.56. The van der Waals surface area contributed by atoms with Crippen molar-refractivity contribution in [3.63, 3.8) is 0 Å². The highest BCUT2D eigenvalue weighted by molar-refractivity contribution is 8.02. The van der Waals surface area contributed by atoms with Crippen molar-refractivity contribution >= 4 is 23.8 Å². The summed E-state index contributed by atoms with van der Waals surface area (Å²) in [5, 5.41) is 0.180. The highest BCUT2D eigenvalue weighted by Crippen LogP contribution is 2.38. The number of carbonyl (C=O) groups is 1. The van der Waals surface area contributed by atoms with Crippen molar-refractivity contribution in [1.82, 2.24) is 4.98 Å². The SMILES string of the molecule is O=C1C(C=NCc2ccncc2)S[C@H]2C=CC=C[C@@H]12. The zero-order chi connectivity index (χ0) is 13.1. The number of rotatable bonds is 3. The minimum Gasteiger partial charge on any atom is -0.297 e. The number of allylic oxidation sites excluding steroid dienone is 3. The van der Waals surface area contributed by atoms with Crippen LogP contribution in [0.1, 0.15) is 5.56 Å². The molecule has 19 heavy (non-hydrogen) atoms. The van der Waals surface area contributed by atoms with Gasteiger partial charge < -0.3 is 0 Å². The summed E-state index contributed by atoms with van der Waals surface area (Å²) < 4.78 is 0. The molecule has 0 amide bonds. The van der Waals surface area contributed by atoms with E-state index in [0.717, 1.165) is 5.56 Å². The molecular formula is C15H14N2OS. The van der Waals surface area contributed by atoms with Crippen molar-refractivity contribution in [2.75, 3.05) is 0 Å². The number of ketones is 1. The minimum atomic E-state index is -0.107. The maximum Gasteiger partial charge on any atom is 0.159 e. The van der Waals surface area contributed by atoms with Crippen LogP contribution in [0.25, 0.3) is 0 Å². The standard InChI is InChI=1S/C15H14N2OS/c18-15-12-3-1-2-4-13(12)19-14(15)10-17-9-11-5-7-16-8-6-11/h1-8,10,12-14H,9H2/t12-,13+,14?/m1/s1. The minimum absolute atomic E-state index is 0.0346. The molecule has 4 heteroatoms. The number of aromatic nitrogens is 1. The number of hydrogen-bond acceptors (Lipinski definition) is 4. The lowest BCUT2D eigenvalue weighted by molar-refractivity contribution is -0.119. The predicted molar refractivity (Wildman–Crippen MR) is 78.4 cm³/mol. The summed E-state index contributed by atoms with van der Waals surface area (Å²) in [6.45, 7) is 0.605. The first kappa shape index (κ1) is 12.4. The first-order valence-electron chi connectivity index (χ1n) is 6.27. The summed E-state index contributed by atoms with van der Waals surface area (Å²) in [6.07, 6.45) is 13.4. The van der Waals surface area contributed by atoms with Gasteiger partial charge >= 0.3 is 0 Å². The fourth-order valence-corrected chi connectivity index (χ4v) is 3.61. The van der Waals surface area contributed by atoms with Gasteiger partial charge in [0.05, 0.1) is 17.7 Å². The lowest BCUT2D eigenvalue weighted by atomic mass is 9.95. The van der Waals surface area contributed by atoms with Crippen molar-refractivity contribution in [2.24, 2.45) is 10.9 Å². The summed E-state index contributed by atoms with van der Waals surface area (Å²) >= 11 is 1.69.